The lowest BCUT2D eigenvalue weighted by Crippen LogP contribution is -2.59. The normalized spacial score (nSPS) is 22.3. The van der Waals surface area contributed by atoms with Gasteiger partial charge in [-0.15, -0.1) is 0 Å². The molecule has 44 heavy (non-hydrogen) atoms. The number of piperazine rings is 1. The first kappa shape index (κ1) is 25.6. The molecule has 1 N–H and O–H groups in total. The molecular weight excluding hydrogens is 579 g/mol. The van der Waals surface area contributed by atoms with Crippen molar-refractivity contribution in [1.82, 2.24) is 30.0 Å². The van der Waals surface area contributed by atoms with Crippen molar-refractivity contribution in [3.8, 4) is 11.1 Å². The number of aryl methyl sites for hydroxylation is 1. The standard InChI is InChI=1S/C33H38ClFN8O/c1-7-25(44)42-13-19(4)43(14-18(42)3)32-22-12-23(34)27(26-17(2)8-11-24-28(26)30(39-38-24)20-9-10-20)29(35)31(22)36-33(37-32)41-15-21(16-41)40(5)6/h7-8,11-12,18-21H,1,9-10,13-16H2,2-6H3,(H,38,39)/t18-,19+/m1/s1/i5D3. The molecule has 230 valence electrons. The summed E-state index contributed by atoms with van der Waals surface area (Å²) in [4.78, 5) is 29.5. The number of rotatable bonds is 6. The first-order valence-corrected chi connectivity index (χ1v) is 15.5. The SMILES string of the molecule is [2H]C([2H])([2H])N(C)C1CN(c2nc(N3C[C@@H](C)N(C(=O)C=C)C[C@@H]3C)c3cc(Cl)c(-c4c(C)ccc5n[nH]c(C6CC6)c45)c(F)c3n2)C1. The molecule has 1 amide bonds. The van der Waals surface area contributed by atoms with E-state index in [2.05, 4.69) is 21.7 Å². The van der Waals surface area contributed by atoms with Gasteiger partial charge >= 0.3 is 0 Å². The number of carbonyl (C=O) groups is 1. The molecule has 2 aromatic carbocycles. The Morgan fingerprint density at radius 3 is 2.66 bits per heavy atom. The monoisotopic (exact) mass is 619 g/mol. The number of amides is 1. The van der Waals surface area contributed by atoms with E-state index in [4.69, 9.17) is 25.7 Å². The van der Waals surface area contributed by atoms with Crippen LogP contribution in [0.5, 0.6) is 0 Å². The molecule has 9 nitrogen and oxygen atoms in total. The second kappa shape index (κ2) is 10.7. The number of anilines is 2. The number of halogens is 2. The molecule has 0 spiro atoms. The Kier molecular flexibility index (Phi) is 6.21. The zero-order chi connectivity index (χ0) is 33.5. The number of benzene rings is 2. The Morgan fingerprint density at radius 1 is 1.18 bits per heavy atom. The summed E-state index contributed by atoms with van der Waals surface area (Å²) in [6, 6.07) is 5.08. The van der Waals surface area contributed by atoms with E-state index < -0.39 is 12.8 Å². The number of hydrogen-bond acceptors (Lipinski definition) is 7. The van der Waals surface area contributed by atoms with E-state index in [0.29, 0.717) is 54.8 Å². The first-order valence-electron chi connectivity index (χ1n) is 16.6. The van der Waals surface area contributed by atoms with E-state index in [-0.39, 0.29) is 40.1 Å². The van der Waals surface area contributed by atoms with Gasteiger partial charge in [0.05, 0.1) is 10.5 Å². The van der Waals surface area contributed by atoms with E-state index in [1.54, 1.807) is 18.0 Å². The maximum atomic E-state index is 17.3. The van der Waals surface area contributed by atoms with Crippen molar-refractivity contribution in [2.45, 2.75) is 57.7 Å². The highest BCUT2D eigenvalue weighted by molar-refractivity contribution is 6.35. The molecule has 2 aromatic heterocycles. The van der Waals surface area contributed by atoms with Crippen LogP contribution in [0.15, 0.2) is 30.9 Å². The summed E-state index contributed by atoms with van der Waals surface area (Å²) in [6.45, 7) is 8.99. The van der Waals surface area contributed by atoms with Gasteiger partial charge in [-0.2, -0.15) is 10.1 Å². The smallest absolute Gasteiger partial charge is 0.246 e. The molecule has 7 rings (SSSR count). The predicted octanol–water partition coefficient (Wildman–Crippen LogP) is 5.51. The van der Waals surface area contributed by atoms with Gasteiger partial charge in [-0.3, -0.25) is 9.89 Å². The summed E-state index contributed by atoms with van der Waals surface area (Å²) in [5, 5.41) is 9.32. The van der Waals surface area contributed by atoms with Crippen LogP contribution in [-0.4, -0.2) is 94.2 Å². The number of carbonyl (C=O) groups excluding carboxylic acids is 1. The second-order valence-corrected chi connectivity index (χ2v) is 13.0. The largest absolute Gasteiger partial charge is 0.349 e. The highest BCUT2D eigenvalue weighted by atomic mass is 35.5. The van der Waals surface area contributed by atoms with Gasteiger partial charge in [-0.1, -0.05) is 24.2 Å². The lowest BCUT2D eigenvalue weighted by atomic mass is 9.93. The number of nitrogens with one attached hydrogen (secondary N) is 1. The number of fused-ring (bicyclic) bond motifs is 2. The summed E-state index contributed by atoms with van der Waals surface area (Å²) in [7, 11) is 1.58. The predicted molar refractivity (Wildman–Crippen MR) is 174 cm³/mol. The fraction of sp³-hybridized carbons (Fsp3) is 0.455. The van der Waals surface area contributed by atoms with Crippen LogP contribution in [0.25, 0.3) is 32.9 Å². The van der Waals surface area contributed by atoms with Crippen LogP contribution in [-0.2, 0) is 4.79 Å². The third-order valence-electron chi connectivity index (χ3n) is 9.45. The molecular formula is C33H38ClFN8O. The second-order valence-electron chi connectivity index (χ2n) is 12.6. The number of likely N-dealkylation sites (N-methyl/N-ethyl adjacent to an activating group) is 1. The van der Waals surface area contributed by atoms with Crippen LogP contribution in [0.3, 0.4) is 0 Å². The van der Waals surface area contributed by atoms with Crippen molar-refractivity contribution in [2.24, 2.45) is 0 Å². The lowest BCUT2D eigenvalue weighted by molar-refractivity contribution is -0.128. The molecule has 11 heteroatoms. The van der Waals surface area contributed by atoms with Crippen LogP contribution < -0.4 is 9.80 Å². The quantitative estimate of drug-likeness (QED) is 0.285. The Labute approximate surface area is 265 Å². The molecule has 2 saturated heterocycles. The molecule has 3 aliphatic rings. The van der Waals surface area contributed by atoms with E-state index >= 15 is 4.39 Å². The highest BCUT2D eigenvalue weighted by Gasteiger charge is 2.37. The summed E-state index contributed by atoms with van der Waals surface area (Å²) in [5.41, 5.74) is 3.73. The summed E-state index contributed by atoms with van der Waals surface area (Å²) in [6.07, 6.45) is 3.42. The summed E-state index contributed by atoms with van der Waals surface area (Å²) in [5.74, 6) is 0.498. The number of aromatic amines is 1. The molecule has 0 radical (unpaired) electrons. The third kappa shape index (κ3) is 4.61. The molecule has 4 aromatic rings. The molecule has 4 heterocycles. The van der Waals surface area contributed by atoms with Crippen LogP contribution >= 0.6 is 11.6 Å². The summed E-state index contributed by atoms with van der Waals surface area (Å²) < 4.78 is 40.7. The molecule has 1 aliphatic carbocycles. The van der Waals surface area contributed by atoms with Gasteiger partial charge in [0.25, 0.3) is 0 Å². The van der Waals surface area contributed by atoms with Crippen molar-refractivity contribution < 1.29 is 13.3 Å². The van der Waals surface area contributed by atoms with Gasteiger partial charge in [-0.05, 0) is 71.4 Å². The fourth-order valence-electron chi connectivity index (χ4n) is 6.70. The number of aromatic nitrogens is 4. The van der Waals surface area contributed by atoms with Crippen molar-refractivity contribution >= 4 is 51.1 Å². The van der Waals surface area contributed by atoms with E-state index in [1.807, 2.05) is 37.8 Å². The summed E-state index contributed by atoms with van der Waals surface area (Å²) >= 11 is 7.05. The number of hydrogen-bond donors (Lipinski definition) is 1. The van der Waals surface area contributed by atoms with Crippen molar-refractivity contribution in [3.05, 3.63) is 53.0 Å². The van der Waals surface area contributed by atoms with Crippen LogP contribution in [0.2, 0.25) is 5.02 Å². The number of nitrogens with zero attached hydrogens (tertiary/aromatic N) is 7. The van der Waals surface area contributed by atoms with Crippen molar-refractivity contribution in [1.29, 1.82) is 0 Å². The minimum absolute atomic E-state index is 0.134. The van der Waals surface area contributed by atoms with Gasteiger partial charge in [0.15, 0.2) is 5.82 Å². The zero-order valence-electron chi connectivity index (χ0n) is 28.4. The van der Waals surface area contributed by atoms with Gasteiger partial charge < -0.3 is 19.6 Å². The van der Waals surface area contributed by atoms with Crippen molar-refractivity contribution in [3.63, 3.8) is 0 Å². The molecule has 2 aliphatic heterocycles. The zero-order valence-corrected chi connectivity index (χ0v) is 26.1. The van der Waals surface area contributed by atoms with E-state index in [1.165, 1.54) is 11.0 Å². The Bertz CT molecular complexity index is 1920. The van der Waals surface area contributed by atoms with Crippen molar-refractivity contribution in [2.75, 3.05) is 50.0 Å². The number of H-pyrrole nitrogens is 1. The van der Waals surface area contributed by atoms with Gasteiger partial charge in [0, 0.05) is 81.9 Å². The molecule has 0 bridgehead atoms. The van der Waals surface area contributed by atoms with Gasteiger partial charge in [-0.25, -0.2) is 9.37 Å². The Morgan fingerprint density at radius 2 is 1.95 bits per heavy atom. The Hall–Kier alpha value is -3.76. The van der Waals surface area contributed by atoms with Crippen LogP contribution in [0.1, 0.15) is 48.0 Å². The molecule has 3 fully saturated rings. The van der Waals surface area contributed by atoms with E-state index in [9.17, 15) is 4.79 Å². The Balaban J connectivity index is 1.39. The van der Waals surface area contributed by atoms with Gasteiger partial charge in [0.1, 0.15) is 11.3 Å². The average molecular weight is 620 g/mol. The highest BCUT2D eigenvalue weighted by Crippen LogP contribution is 2.48. The third-order valence-corrected chi connectivity index (χ3v) is 9.75. The first-order chi connectivity index (χ1) is 22.3. The lowest BCUT2D eigenvalue weighted by Gasteiger charge is -2.45. The minimum Gasteiger partial charge on any atom is -0.349 e. The molecule has 2 atom stereocenters. The van der Waals surface area contributed by atoms with Gasteiger partial charge in [0.2, 0.25) is 11.9 Å². The molecule has 0 unspecified atom stereocenters. The topological polar surface area (TPSA) is 84.5 Å². The molecule has 1 saturated carbocycles. The van der Waals surface area contributed by atoms with Crippen LogP contribution in [0, 0.1) is 12.7 Å². The van der Waals surface area contributed by atoms with E-state index in [0.717, 1.165) is 35.0 Å². The maximum Gasteiger partial charge on any atom is 0.246 e. The minimum atomic E-state index is -2.23. The average Bonchev–Trinajstić information content (AvgIpc) is 3.76. The fourth-order valence-corrected chi connectivity index (χ4v) is 6.98. The maximum absolute atomic E-state index is 17.3. The van der Waals surface area contributed by atoms with Crippen LogP contribution in [0.4, 0.5) is 16.2 Å².